The lowest BCUT2D eigenvalue weighted by atomic mass is 9.79. The van der Waals surface area contributed by atoms with E-state index in [1.165, 1.54) is 0 Å². The molecule has 1 aliphatic carbocycles. The molecule has 0 unspecified atom stereocenters. The molecule has 2 aliphatic rings. The zero-order chi connectivity index (χ0) is 16.8. The average Bonchev–Trinajstić information content (AvgIpc) is 2.99. The van der Waals surface area contributed by atoms with Gasteiger partial charge in [0.05, 0.1) is 29.0 Å². The van der Waals surface area contributed by atoms with Crippen LogP contribution in [0.25, 0.3) is 0 Å². The maximum Gasteiger partial charge on any atom is 0.498 e. The molecule has 0 radical (unpaired) electrons. The normalized spacial score (nSPS) is 29.9. The fraction of sp³-hybridized carbons (Fsp3) is 0.824. The SMILES string of the molecule is CCc1nn(C2CCC(O)CC2)cc1B1OC(C)(C)C(C)(C)O1. The van der Waals surface area contributed by atoms with Crippen molar-refractivity contribution in [3.63, 3.8) is 0 Å². The molecule has 2 heterocycles. The van der Waals surface area contributed by atoms with Crippen LogP contribution in [-0.2, 0) is 15.7 Å². The van der Waals surface area contributed by atoms with Crippen molar-refractivity contribution in [1.82, 2.24) is 9.78 Å². The quantitative estimate of drug-likeness (QED) is 0.868. The molecule has 1 aromatic heterocycles. The van der Waals surface area contributed by atoms with Crippen molar-refractivity contribution in [3.05, 3.63) is 11.9 Å². The van der Waals surface area contributed by atoms with Crippen molar-refractivity contribution in [2.24, 2.45) is 0 Å². The van der Waals surface area contributed by atoms with E-state index < -0.39 is 0 Å². The van der Waals surface area contributed by atoms with Gasteiger partial charge in [-0.25, -0.2) is 0 Å². The summed E-state index contributed by atoms with van der Waals surface area (Å²) in [5.74, 6) is 0. The second-order valence-corrected chi connectivity index (χ2v) is 7.92. The number of aliphatic hydroxyl groups excluding tert-OH is 1. The Kier molecular flexibility index (Phi) is 4.36. The highest BCUT2D eigenvalue weighted by molar-refractivity contribution is 6.62. The third-order valence-electron chi connectivity index (χ3n) is 5.72. The van der Waals surface area contributed by atoms with Crippen LogP contribution in [0.4, 0.5) is 0 Å². The van der Waals surface area contributed by atoms with E-state index in [0.29, 0.717) is 6.04 Å². The van der Waals surface area contributed by atoms with E-state index in [1.807, 2.05) is 0 Å². The van der Waals surface area contributed by atoms with Gasteiger partial charge >= 0.3 is 7.12 Å². The van der Waals surface area contributed by atoms with E-state index in [1.54, 1.807) is 0 Å². The molecule has 1 N–H and O–H groups in total. The average molecular weight is 320 g/mol. The lowest BCUT2D eigenvalue weighted by Crippen LogP contribution is -2.41. The van der Waals surface area contributed by atoms with Crippen LogP contribution in [0, 0.1) is 0 Å². The number of aliphatic hydroxyl groups is 1. The molecule has 0 bridgehead atoms. The largest absolute Gasteiger partial charge is 0.498 e. The molecule has 1 saturated carbocycles. The fourth-order valence-electron chi connectivity index (χ4n) is 3.39. The van der Waals surface area contributed by atoms with Crippen LogP contribution < -0.4 is 5.46 Å². The van der Waals surface area contributed by atoms with Crippen molar-refractivity contribution in [2.45, 2.75) is 90.1 Å². The number of hydrogen-bond acceptors (Lipinski definition) is 4. The van der Waals surface area contributed by atoms with Gasteiger partial charge in [-0.2, -0.15) is 5.10 Å². The highest BCUT2D eigenvalue weighted by atomic mass is 16.7. The smallest absolute Gasteiger partial charge is 0.399 e. The predicted molar refractivity (Wildman–Crippen MR) is 90.8 cm³/mol. The van der Waals surface area contributed by atoms with Gasteiger partial charge in [0, 0.05) is 11.7 Å². The molecule has 0 spiro atoms. The van der Waals surface area contributed by atoms with Gasteiger partial charge in [0.2, 0.25) is 0 Å². The minimum Gasteiger partial charge on any atom is -0.399 e. The van der Waals surface area contributed by atoms with Gasteiger partial charge in [0.15, 0.2) is 0 Å². The summed E-state index contributed by atoms with van der Waals surface area (Å²) in [4.78, 5) is 0. The Morgan fingerprint density at radius 1 is 1.17 bits per heavy atom. The first kappa shape index (κ1) is 17.0. The summed E-state index contributed by atoms with van der Waals surface area (Å²) in [6, 6.07) is 0.375. The summed E-state index contributed by atoms with van der Waals surface area (Å²) in [5.41, 5.74) is 1.44. The van der Waals surface area contributed by atoms with Crippen LogP contribution in [0.5, 0.6) is 0 Å². The molecule has 0 amide bonds. The van der Waals surface area contributed by atoms with Crippen LogP contribution in [0.1, 0.15) is 72.0 Å². The zero-order valence-corrected chi connectivity index (χ0v) is 15.0. The number of rotatable bonds is 3. The number of nitrogens with zero attached hydrogens (tertiary/aromatic N) is 2. The highest BCUT2D eigenvalue weighted by Crippen LogP contribution is 2.37. The van der Waals surface area contributed by atoms with Gasteiger partial charge in [0.25, 0.3) is 0 Å². The summed E-state index contributed by atoms with van der Waals surface area (Å²) in [6.07, 6.45) is 6.50. The molecule has 0 aromatic carbocycles. The Balaban J connectivity index is 1.83. The van der Waals surface area contributed by atoms with Gasteiger partial charge in [-0.1, -0.05) is 6.92 Å². The Labute approximate surface area is 139 Å². The highest BCUT2D eigenvalue weighted by Gasteiger charge is 2.52. The third-order valence-corrected chi connectivity index (χ3v) is 5.72. The first-order valence-electron chi connectivity index (χ1n) is 8.85. The molecular formula is C17H29BN2O3. The third kappa shape index (κ3) is 3.09. The minimum atomic E-state index is -0.349. The van der Waals surface area contributed by atoms with Crippen molar-refractivity contribution < 1.29 is 14.4 Å². The van der Waals surface area contributed by atoms with E-state index >= 15 is 0 Å². The molecular weight excluding hydrogens is 291 g/mol. The van der Waals surface area contributed by atoms with E-state index in [9.17, 15) is 5.11 Å². The first-order valence-corrected chi connectivity index (χ1v) is 8.85. The minimum absolute atomic E-state index is 0.143. The Morgan fingerprint density at radius 2 is 1.74 bits per heavy atom. The zero-order valence-electron chi connectivity index (χ0n) is 15.0. The maximum absolute atomic E-state index is 9.70. The van der Waals surface area contributed by atoms with Crippen molar-refractivity contribution in [2.75, 3.05) is 0 Å². The standard InChI is InChI=1S/C17H29BN2O3/c1-6-15-14(18-22-16(2,3)17(4,5)23-18)11-20(19-15)12-7-9-13(21)10-8-12/h11-13,21H,6-10H2,1-5H3. The molecule has 23 heavy (non-hydrogen) atoms. The number of aromatic nitrogens is 2. The lowest BCUT2D eigenvalue weighted by molar-refractivity contribution is 0.00578. The lowest BCUT2D eigenvalue weighted by Gasteiger charge is -2.32. The molecule has 2 fully saturated rings. The summed E-state index contributed by atoms with van der Waals surface area (Å²) < 4.78 is 14.5. The van der Waals surface area contributed by atoms with Gasteiger partial charge in [-0.15, -0.1) is 0 Å². The van der Waals surface area contributed by atoms with Crippen molar-refractivity contribution in [3.8, 4) is 0 Å². The van der Waals surface area contributed by atoms with Crippen LogP contribution in [0.3, 0.4) is 0 Å². The van der Waals surface area contributed by atoms with Crippen molar-refractivity contribution >= 4 is 12.6 Å². The number of hydrogen-bond donors (Lipinski definition) is 1. The van der Waals surface area contributed by atoms with Gasteiger partial charge in [0.1, 0.15) is 0 Å². The van der Waals surface area contributed by atoms with Crippen molar-refractivity contribution in [1.29, 1.82) is 0 Å². The predicted octanol–water partition coefficient (Wildman–Crippen LogP) is 2.22. The molecule has 5 nitrogen and oxygen atoms in total. The Morgan fingerprint density at radius 3 is 2.26 bits per heavy atom. The van der Waals surface area contributed by atoms with E-state index in [0.717, 1.165) is 43.3 Å². The second kappa shape index (κ2) is 5.90. The molecule has 1 aliphatic heterocycles. The molecule has 6 heteroatoms. The molecule has 3 rings (SSSR count). The second-order valence-electron chi connectivity index (χ2n) is 7.92. The van der Waals surface area contributed by atoms with Crippen LogP contribution in [0.15, 0.2) is 6.20 Å². The summed E-state index contributed by atoms with van der Waals surface area (Å²) in [5, 5.41) is 14.5. The summed E-state index contributed by atoms with van der Waals surface area (Å²) in [7, 11) is -0.349. The maximum atomic E-state index is 9.70. The molecule has 1 saturated heterocycles. The Bertz CT molecular complexity index is 546. The number of aryl methyl sites for hydroxylation is 1. The van der Waals surface area contributed by atoms with E-state index in [4.69, 9.17) is 14.4 Å². The first-order chi connectivity index (χ1) is 10.7. The molecule has 0 atom stereocenters. The van der Waals surface area contributed by atoms with Gasteiger partial charge < -0.3 is 14.4 Å². The van der Waals surface area contributed by atoms with Crippen LogP contribution >= 0.6 is 0 Å². The topological polar surface area (TPSA) is 56.5 Å². The fourth-order valence-corrected chi connectivity index (χ4v) is 3.39. The molecule has 1 aromatic rings. The Hall–Kier alpha value is -0.845. The van der Waals surface area contributed by atoms with Gasteiger partial charge in [-0.05, 0) is 59.8 Å². The van der Waals surface area contributed by atoms with E-state index in [-0.39, 0.29) is 24.4 Å². The van der Waals surface area contributed by atoms with Gasteiger partial charge in [-0.3, -0.25) is 4.68 Å². The monoisotopic (exact) mass is 320 g/mol. The van der Waals surface area contributed by atoms with Crippen LogP contribution in [-0.4, -0.2) is 39.3 Å². The van der Waals surface area contributed by atoms with E-state index in [2.05, 4.69) is 45.5 Å². The summed E-state index contributed by atoms with van der Waals surface area (Å²) in [6.45, 7) is 10.4. The molecule has 128 valence electrons. The summed E-state index contributed by atoms with van der Waals surface area (Å²) >= 11 is 0. The van der Waals surface area contributed by atoms with Crippen LogP contribution in [0.2, 0.25) is 0 Å².